The van der Waals surface area contributed by atoms with E-state index in [1.165, 1.54) is 5.56 Å². The minimum absolute atomic E-state index is 0.308. The molecule has 1 heterocycles. The number of hydrogen-bond donors (Lipinski definition) is 1. The van der Waals surface area contributed by atoms with Crippen LogP contribution in [0.25, 0.3) is 0 Å². The van der Waals surface area contributed by atoms with Crippen molar-refractivity contribution in [3.05, 3.63) is 42.1 Å². The molecule has 0 spiro atoms. The van der Waals surface area contributed by atoms with Crippen molar-refractivity contribution in [3.8, 4) is 5.75 Å². The Bertz CT molecular complexity index is 490. The average molecular weight is 245 g/mol. The van der Waals surface area contributed by atoms with Crippen LogP contribution in [0.2, 0.25) is 0 Å². The van der Waals surface area contributed by atoms with Crippen LogP contribution >= 0.6 is 0 Å². The van der Waals surface area contributed by atoms with E-state index in [1.807, 2.05) is 22.9 Å². The Morgan fingerprint density at radius 3 is 2.56 bits per heavy atom. The van der Waals surface area contributed by atoms with Crippen molar-refractivity contribution in [2.45, 2.75) is 25.8 Å². The lowest BCUT2D eigenvalue weighted by Gasteiger charge is -2.13. The molecule has 4 heteroatoms. The molecule has 2 N–H and O–H groups in total. The molecule has 2 rings (SSSR count). The smallest absolute Gasteiger partial charge is 0.121 e. The third-order valence-corrected chi connectivity index (χ3v) is 3.13. The van der Waals surface area contributed by atoms with Crippen molar-refractivity contribution in [2.24, 2.45) is 0 Å². The summed E-state index contributed by atoms with van der Waals surface area (Å²) >= 11 is 0. The number of nitrogens with two attached hydrogens (primary N) is 1. The van der Waals surface area contributed by atoms with Gasteiger partial charge in [-0.2, -0.15) is 5.10 Å². The van der Waals surface area contributed by atoms with Crippen molar-refractivity contribution in [1.82, 2.24) is 9.78 Å². The third-order valence-electron chi connectivity index (χ3n) is 3.13. The molecule has 0 saturated carbocycles. The molecule has 1 aromatic heterocycles. The molecule has 0 aliphatic carbocycles. The van der Waals surface area contributed by atoms with Gasteiger partial charge in [0.15, 0.2) is 0 Å². The Morgan fingerprint density at radius 2 is 2.00 bits per heavy atom. The number of ether oxygens (including phenoxy) is 1. The molecule has 96 valence electrons. The Morgan fingerprint density at radius 1 is 1.28 bits per heavy atom. The Labute approximate surface area is 107 Å². The highest BCUT2D eigenvalue weighted by molar-refractivity contribution is 5.28. The minimum Gasteiger partial charge on any atom is -0.497 e. The largest absolute Gasteiger partial charge is 0.497 e. The first-order chi connectivity index (χ1) is 8.70. The van der Waals surface area contributed by atoms with Crippen LogP contribution in [0.4, 0.5) is 5.82 Å². The first-order valence-electron chi connectivity index (χ1n) is 6.12. The first kappa shape index (κ1) is 12.5. The fraction of sp³-hybridized carbons (Fsp3) is 0.357. The van der Waals surface area contributed by atoms with Gasteiger partial charge in [-0.05, 0) is 43.5 Å². The second kappa shape index (κ2) is 5.58. The van der Waals surface area contributed by atoms with Crippen LogP contribution < -0.4 is 10.5 Å². The lowest BCUT2D eigenvalue weighted by atomic mass is 10.1. The molecule has 1 unspecified atom stereocenters. The highest BCUT2D eigenvalue weighted by atomic mass is 16.5. The second-order valence-electron chi connectivity index (χ2n) is 4.44. The predicted octanol–water partition coefficient (Wildman–Crippen LogP) is 2.67. The molecule has 0 saturated heterocycles. The molecule has 0 fully saturated rings. The van der Waals surface area contributed by atoms with Crippen molar-refractivity contribution in [3.63, 3.8) is 0 Å². The number of anilines is 1. The molecule has 0 radical (unpaired) electrons. The van der Waals surface area contributed by atoms with Crippen molar-refractivity contribution >= 4 is 5.82 Å². The lowest BCUT2D eigenvalue weighted by molar-refractivity contribution is 0.414. The minimum atomic E-state index is 0.308. The van der Waals surface area contributed by atoms with Crippen LogP contribution in [0.3, 0.4) is 0 Å². The van der Waals surface area contributed by atoms with Crippen LogP contribution in [0.15, 0.2) is 36.5 Å². The Hall–Kier alpha value is -1.97. The van der Waals surface area contributed by atoms with E-state index in [4.69, 9.17) is 10.5 Å². The van der Waals surface area contributed by atoms with Crippen LogP contribution in [-0.2, 0) is 6.42 Å². The normalized spacial score (nSPS) is 12.3. The number of benzene rings is 1. The van der Waals surface area contributed by atoms with E-state index >= 15 is 0 Å². The molecule has 0 aliphatic heterocycles. The summed E-state index contributed by atoms with van der Waals surface area (Å²) in [5.41, 5.74) is 7.13. The maximum Gasteiger partial charge on any atom is 0.121 e. The van der Waals surface area contributed by atoms with E-state index in [-0.39, 0.29) is 0 Å². The molecule has 0 bridgehead atoms. The maximum absolute atomic E-state index is 5.83. The summed E-state index contributed by atoms with van der Waals surface area (Å²) in [5.74, 6) is 1.61. The van der Waals surface area contributed by atoms with Crippen LogP contribution in [0.1, 0.15) is 24.9 Å². The van der Waals surface area contributed by atoms with E-state index in [0.29, 0.717) is 6.04 Å². The number of methoxy groups -OCH3 is 1. The molecule has 4 nitrogen and oxygen atoms in total. The summed E-state index contributed by atoms with van der Waals surface area (Å²) in [5, 5.41) is 4.23. The third kappa shape index (κ3) is 2.83. The zero-order valence-corrected chi connectivity index (χ0v) is 10.8. The fourth-order valence-corrected chi connectivity index (χ4v) is 1.98. The number of aryl methyl sites for hydroxylation is 1. The van der Waals surface area contributed by atoms with Crippen LogP contribution in [-0.4, -0.2) is 16.9 Å². The van der Waals surface area contributed by atoms with E-state index < -0.39 is 0 Å². The summed E-state index contributed by atoms with van der Waals surface area (Å²) in [6, 6.07) is 10.3. The molecule has 1 aromatic carbocycles. The first-order valence-corrected chi connectivity index (χ1v) is 6.12. The number of nitrogens with zero attached hydrogens (tertiary/aromatic N) is 2. The van der Waals surface area contributed by atoms with Gasteiger partial charge >= 0.3 is 0 Å². The van der Waals surface area contributed by atoms with Gasteiger partial charge in [-0.3, -0.25) is 0 Å². The molecular weight excluding hydrogens is 226 g/mol. The summed E-state index contributed by atoms with van der Waals surface area (Å²) < 4.78 is 7.00. The fourth-order valence-electron chi connectivity index (χ4n) is 1.98. The zero-order valence-electron chi connectivity index (χ0n) is 10.8. The van der Waals surface area contributed by atoms with Crippen molar-refractivity contribution in [2.75, 3.05) is 12.8 Å². The molecule has 0 aliphatic rings. The topological polar surface area (TPSA) is 53.1 Å². The van der Waals surface area contributed by atoms with Gasteiger partial charge < -0.3 is 10.5 Å². The summed E-state index contributed by atoms with van der Waals surface area (Å²) in [6.45, 7) is 2.13. The average Bonchev–Trinajstić information content (AvgIpc) is 2.83. The molecule has 0 amide bonds. The summed E-state index contributed by atoms with van der Waals surface area (Å²) in [6.07, 6.45) is 3.75. The zero-order chi connectivity index (χ0) is 13.0. The van der Waals surface area contributed by atoms with Gasteiger partial charge in [0.25, 0.3) is 0 Å². The highest BCUT2D eigenvalue weighted by Gasteiger charge is 2.08. The Kier molecular flexibility index (Phi) is 3.87. The molecular formula is C14H19N3O. The molecule has 1 atom stereocenters. The predicted molar refractivity (Wildman–Crippen MR) is 72.7 cm³/mol. The van der Waals surface area contributed by atoms with E-state index in [9.17, 15) is 0 Å². The van der Waals surface area contributed by atoms with Crippen LogP contribution in [0.5, 0.6) is 5.75 Å². The summed E-state index contributed by atoms with van der Waals surface area (Å²) in [7, 11) is 1.68. The van der Waals surface area contributed by atoms with Gasteiger partial charge in [-0.15, -0.1) is 0 Å². The number of hydrogen-bond acceptors (Lipinski definition) is 3. The van der Waals surface area contributed by atoms with Gasteiger partial charge in [-0.25, -0.2) is 4.68 Å². The van der Waals surface area contributed by atoms with Gasteiger partial charge in [0.2, 0.25) is 0 Å². The number of rotatable bonds is 5. The highest BCUT2D eigenvalue weighted by Crippen LogP contribution is 2.18. The van der Waals surface area contributed by atoms with Crippen LogP contribution in [0, 0.1) is 0 Å². The van der Waals surface area contributed by atoms with Gasteiger partial charge in [-0.1, -0.05) is 12.1 Å². The quantitative estimate of drug-likeness (QED) is 0.881. The van der Waals surface area contributed by atoms with Crippen molar-refractivity contribution < 1.29 is 4.74 Å². The van der Waals surface area contributed by atoms with E-state index in [1.54, 1.807) is 13.3 Å². The number of aromatic nitrogens is 2. The van der Waals surface area contributed by atoms with Gasteiger partial charge in [0.05, 0.1) is 19.3 Å². The SMILES string of the molecule is COc1ccc(CCC(C)n2nccc2N)cc1. The standard InChI is InChI=1S/C14H19N3O/c1-11(17-14(15)9-10-16-17)3-4-12-5-7-13(18-2)8-6-12/h5-11H,3-4,15H2,1-2H3. The number of nitrogen functional groups attached to an aromatic ring is 1. The lowest BCUT2D eigenvalue weighted by Crippen LogP contribution is -2.10. The van der Waals surface area contributed by atoms with Gasteiger partial charge in [0, 0.05) is 0 Å². The monoisotopic (exact) mass is 245 g/mol. The summed E-state index contributed by atoms with van der Waals surface area (Å²) in [4.78, 5) is 0. The van der Waals surface area contributed by atoms with Gasteiger partial charge in [0.1, 0.15) is 11.6 Å². The van der Waals surface area contributed by atoms with Crippen molar-refractivity contribution in [1.29, 1.82) is 0 Å². The maximum atomic E-state index is 5.83. The Balaban J connectivity index is 1.93. The molecule has 18 heavy (non-hydrogen) atoms. The van der Waals surface area contributed by atoms with E-state index in [0.717, 1.165) is 24.4 Å². The molecule has 2 aromatic rings. The second-order valence-corrected chi connectivity index (χ2v) is 4.44. The van der Waals surface area contributed by atoms with E-state index in [2.05, 4.69) is 24.2 Å².